The van der Waals surface area contributed by atoms with Gasteiger partial charge in [0.1, 0.15) is 17.3 Å². The number of hydrogen-bond donors (Lipinski definition) is 2. The van der Waals surface area contributed by atoms with E-state index in [-0.39, 0.29) is 0 Å². The van der Waals surface area contributed by atoms with Crippen LogP contribution in [-0.4, -0.2) is 29.3 Å². The minimum Gasteiger partial charge on any atom is -0.494 e. The van der Waals surface area contributed by atoms with Gasteiger partial charge in [0.25, 0.3) is 0 Å². The zero-order chi connectivity index (χ0) is 18.0. The third-order valence-electron chi connectivity index (χ3n) is 4.38. The number of pyridine rings is 1. The van der Waals surface area contributed by atoms with Crippen LogP contribution < -0.4 is 10.1 Å². The van der Waals surface area contributed by atoms with Crippen molar-refractivity contribution < 1.29 is 4.74 Å². The van der Waals surface area contributed by atoms with Crippen molar-refractivity contribution in [1.29, 1.82) is 0 Å². The maximum absolute atomic E-state index is 5.64. The summed E-state index contributed by atoms with van der Waals surface area (Å²) in [5.74, 6) is 2.01. The van der Waals surface area contributed by atoms with Crippen molar-refractivity contribution in [3.8, 4) is 5.75 Å². The van der Waals surface area contributed by atoms with Crippen LogP contribution in [0.1, 0.15) is 38.4 Å². The number of rotatable bonds is 5. The van der Waals surface area contributed by atoms with E-state index in [0.717, 1.165) is 58.1 Å². The molecule has 3 rings (SSSR count). The first-order valence-corrected chi connectivity index (χ1v) is 8.80. The number of aryl methyl sites for hydroxylation is 1. The number of aliphatic imine (C=N–C) groups is 1. The quantitative estimate of drug-likeness (QED) is 0.858. The van der Waals surface area contributed by atoms with Gasteiger partial charge in [0, 0.05) is 30.1 Å². The van der Waals surface area contributed by atoms with Crippen molar-refractivity contribution in [1.82, 2.24) is 15.3 Å². The van der Waals surface area contributed by atoms with Crippen molar-refractivity contribution in [2.45, 2.75) is 34.1 Å². The maximum Gasteiger partial charge on any atom is 0.147 e. The van der Waals surface area contributed by atoms with Gasteiger partial charge in [0.05, 0.1) is 18.1 Å². The Bertz CT molecular complexity index is 871. The van der Waals surface area contributed by atoms with Gasteiger partial charge < -0.3 is 15.0 Å². The average molecular weight is 338 g/mol. The van der Waals surface area contributed by atoms with E-state index in [1.54, 1.807) is 7.11 Å². The van der Waals surface area contributed by atoms with Gasteiger partial charge >= 0.3 is 0 Å². The SMILES string of the molecule is CCNC1=C(c2nc3c(C)c[nH]c3cc2OC)CC=CC(C(C)C)=N1. The monoisotopic (exact) mass is 338 g/mol. The summed E-state index contributed by atoms with van der Waals surface area (Å²) in [6, 6.07) is 2.02. The normalized spacial score (nSPS) is 14.9. The molecule has 0 bridgehead atoms. The summed E-state index contributed by atoms with van der Waals surface area (Å²) in [7, 11) is 1.69. The Morgan fingerprint density at radius 1 is 1.36 bits per heavy atom. The first-order chi connectivity index (χ1) is 12.0. The van der Waals surface area contributed by atoms with Gasteiger partial charge in [-0.2, -0.15) is 0 Å². The highest BCUT2D eigenvalue weighted by Crippen LogP contribution is 2.33. The van der Waals surface area contributed by atoms with Crippen LogP contribution in [-0.2, 0) is 0 Å². The predicted molar refractivity (Wildman–Crippen MR) is 104 cm³/mol. The number of ether oxygens (including phenoxy) is 1. The molecule has 5 nitrogen and oxygen atoms in total. The topological polar surface area (TPSA) is 62.3 Å². The minimum atomic E-state index is 0.369. The fourth-order valence-corrected chi connectivity index (χ4v) is 3.00. The zero-order valence-corrected chi connectivity index (χ0v) is 15.6. The number of fused-ring (bicyclic) bond motifs is 1. The molecule has 1 aliphatic rings. The third kappa shape index (κ3) is 3.31. The molecule has 0 atom stereocenters. The largest absolute Gasteiger partial charge is 0.494 e. The highest BCUT2D eigenvalue weighted by Gasteiger charge is 2.19. The van der Waals surface area contributed by atoms with E-state index in [2.05, 4.69) is 50.1 Å². The van der Waals surface area contributed by atoms with Gasteiger partial charge in [-0.3, -0.25) is 0 Å². The van der Waals surface area contributed by atoms with Gasteiger partial charge in [0.15, 0.2) is 0 Å². The fraction of sp³-hybridized carbons (Fsp3) is 0.400. The Balaban J connectivity index is 2.23. The molecule has 25 heavy (non-hydrogen) atoms. The summed E-state index contributed by atoms with van der Waals surface area (Å²) >= 11 is 0. The van der Waals surface area contributed by atoms with Crippen molar-refractivity contribution in [2.24, 2.45) is 10.9 Å². The molecule has 2 aromatic rings. The molecule has 0 radical (unpaired) electrons. The molecule has 0 saturated heterocycles. The van der Waals surface area contributed by atoms with E-state index < -0.39 is 0 Å². The van der Waals surface area contributed by atoms with Crippen LogP contribution in [0.2, 0.25) is 0 Å². The van der Waals surface area contributed by atoms with E-state index in [0.29, 0.717) is 5.92 Å². The molecule has 3 heterocycles. The van der Waals surface area contributed by atoms with Crippen LogP contribution in [0.25, 0.3) is 16.6 Å². The number of nitrogens with zero attached hydrogens (tertiary/aromatic N) is 2. The lowest BCUT2D eigenvalue weighted by Gasteiger charge is -2.15. The van der Waals surface area contributed by atoms with Gasteiger partial charge in [0.2, 0.25) is 0 Å². The van der Waals surface area contributed by atoms with Crippen LogP contribution >= 0.6 is 0 Å². The molecule has 0 spiro atoms. The molecule has 0 unspecified atom stereocenters. The second-order valence-corrected chi connectivity index (χ2v) is 6.56. The summed E-state index contributed by atoms with van der Waals surface area (Å²) in [5.41, 5.74) is 6.07. The second kappa shape index (κ2) is 7.13. The van der Waals surface area contributed by atoms with Crippen molar-refractivity contribution in [2.75, 3.05) is 13.7 Å². The third-order valence-corrected chi connectivity index (χ3v) is 4.38. The molecular formula is C20H26N4O. The molecule has 0 saturated carbocycles. The first-order valence-electron chi connectivity index (χ1n) is 8.80. The number of allylic oxidation sites excluding steroid dienone is 3. The average Bonchev–Trinajstić information content (AvgIpc) is 2.82. The van der Waals surface area contributed by atoms with E-state index in [1.165, 1.54) is 0 Å². The second-order valence-electron chi connectivity index (χ2n) is 6.56. The summed E-state index contributed by atoms with van der Waals surface area (Å²) in [6.45, 7) is 9.26. The minimum absolute atomic E-state index is 0.369. The number of H-pyrrole nitrogens is 1. The molecule has 132 valence electrons. The number of aromatic amines is 1. The molecule has 2 aromatic heterocycles. The fourth-order valence-electron chi connectivity index (χ4n) is 3.00. The lowest BCUT2D eigenvalue weighted by molar-refractivity contribution is 0.412. The van der Waals surface area contributed by atoms with E-state index in [4.69, 9.17) is 14.7 Å². The van der Waals surface area contributed by atoms with Crippen molar-refractivity contribution >= 4 is 22.3 Å². The Hall–Kier alpha value is -2.56. The summed E-state index contributed by atoms with van der Waals surface area (Å²) in [6.07, 6.45) is 7.01. The Morgan fingerprint density at radius 2 is 2.16 bits per heavy atom. The highest BCUT2D eigenvalue weighted by atomic mass is 16.5. The van der Waals surface area contributed by atoms with Crippen LogP contribution in [0.3, 0.4) is 0 Å². The lowest BCUT2D eigenvalue weighted by atomic mass is 10.1. The summed E-state index contributed by atoms with van der Waals surface area (Å²) in [4.78, 5) is 13.0. The van der Waals surface area contributed by atoms with Crippen LogP contribution in [0.15, 0.2) is 35.2 Å². The zero-order valence-electron chi connectivity index (χ0n) is 15.6. The molecular weight excluding hydrogens is 312 g/mol. The molecule has 0 aromatic carbocycles. The van der Waals surface area contributed by atoms with E-state index in [1.807, 2.05) is 12.3 Å². The molecule has 5 heteroatoms. The highest BCUT2D eigenvalue weighted by molar-refractivity contribution is 5.98. The van der Waals surface area contributed by atoms with Gasteiger partial charge in [-0.1, -0.05) is 19.9 Å². The molecule has 2 N–H and O–H groups in total. The Labute approximate surface area is 148 Å². The predicted octanol–water partition coefficient (Wildman–Crippen LogP) is 4.21. The lowest BCUT2D eigenvalue weighted by Crippen LogP contribution is -2.15. The van der Waals surface area contributed by atoms with Gasteiger partial charge in [-0.05, 0) is 37.8 Å². The molecule has 1 aliphatic heterocycles. The number of aromatic nitrogens is 2. The summed E-state index contributed by atoms with van der Waals surface area (Å²) in [5, 5.41) is 3.41. The Morgan fingerprint density at radius 3 is 2.84 bits per heavy atom. The number of nitrogens with one attached hydrogen (secondary N) is 2. The maximum atomic E-state index is 5.64. The standard InChI is InChI=1S/C20H26N4O/c1-6-21-20-14(8-7-9-15(23-20)12(2)3)19-17(25-5)10-16-18(24-19)13(4)11-22-16/h7,9-12,21-22H,6,8H2,1-5H3. The van der Waals surface area contributed by atoms with Crippen LogP contribution in [0.5, 0.6) is 5.75 Å². The van der Waals surface area contributed by atoms with E-state index in [9.17, 15) is 0 Å². The smallest absolute Gasteiger partial charge is 0.147 e. The molecule has 0 aliphatic carbocycles. The summed E-state index contributed by atoms with van der Waals surface area (Å²) < 4.78 is 5.64. The first kappa shape index (κ1) is 17.3. The molecule has 0 fully saturated rings. The molecule has 0 amide bonds. The van der Waals surface area contributed by atoms with Crippen LogP contribution in [0.4, 0.5) is 0 Å². The number of methoxy groups -OCH3 is 1. The number of hydrogen-bond acceptors (Lipinski definition) is 4. The van der Waals surface area contributed by atoms with Gasteiger partial charge in [-0.15, -0.1) is 0 Å². The van der Waals surface area contributed by atoms with Crippen molar-refractivity contribution in [3.63, 3.8) is 0 Å². The van der Waals surface area contributed by atoms with E-state index >= 15 is 0 Å². The van der Waals surface area contributed by atoms with Gasteiger partial charge in [-0.25, -0.2) is 9.98 Å². The van der Waals surface area contributed by atoms with Crippen molar-refractivity contribution in [3.05, 3.63) is 41.5 Å². The van der Waals surface area contributed by atoms with Crippen LogP contribution in [0, 0.1) is 12.8 Å². The Kier molecular flexibility index (Phi) is 4.93.